The number of nitrogens with zero attached hydrogens (tertiary/aromatic N) is 2. The fraction of sp³-hybridized carbons (Fsp3) is 0.667. The van der Waals surface area contributed by atoms with Gasteiger partial charge in [0.05, 0.1) is 19.8 Å². The van der Waals surface area contributed by atoms with Crippen LogP contribution in [0.4, 0.5) is 0 Å². The van der Waals surface area contributed by atoms with Gasteiger partial charge in [0.1, 0.15) is 5.75 Å². The molecule has 1 heterocycles. The third kappa shape index (κ3) is 8.53. The third-order valence-electron chi connectivity index (χ3n) is 4.75. The number of ether oxygens (including phenoxy) is 2. The van der Waals surface area contributed by atoms with Gasteiger partial charge in [-0.1, -0.05) is 26.0 Å². The molecule has 0 aromatic heterocycles. The van der Waals surface area contributed by atoms with Crippen LogP contribution in [-0.2, 0) is 11.3 Å². The maximum absolute atomic E-state index is 5.73. The second-order valence-electron chi connectivity index (χ2n) is 8.04. The van der Waals surface area contributed by atoms with Crippen molar-refractivity contribution in [3.05, 3.63) is 29.8 Å². The molecule has 1 saturated heterocycles. The number of aliphatic imine (C=N–C) groups is 1. The molecule has 0 unspecified atom stereocenters. The maximum atomic E-state index is 5.73. The molecule has 1 aliphatic heterocycles. The number of rotatable bonds is 8. The summed E-state index contributed by atoms with van der Waals surface area (Å²) in [5.74, 6) is 2.26. The Morgan fingerprint density at radius 3 is 2.39 bits per heavy atom. The minimum absolute atomic E-state index is 0. The topological polar surface area (TPSA) is 58.1 Å². The monoisotopic (exact) mass is 504 g/mol. The van der Waals surface area contributed by atoms with Crippen molar-refractivity contribution < 1.29 is 9.47 Å². The van der Waals surface area contributed by atoms with E-state index in [0.29, 0.717) is 5.92 Å². The predicted molar refractivity (Wildman–Crippen MR) is 127 cm³/mol. The second kappa shape index (κ2) is 12.5. The lowest BCUT2D eigenvalue weighted by Crippen LogP contribution is -2.56. The van der Waals surface area contributed by atoms with Crippen molar-refractivity contribution in [1.82, 2.24) is 15.5 Å². The van der Waals surface area contributed by atoms with Gasteiger partial charge in [-0.2, -0.15) is 0 Å². The molecule has 7 heteroatoms. The zero-order valence-corrected chi connectivity index (χ0v) is 20.3. The van der Waals surface area contributed by atoms with Crippen molar-refractivity contribution in [2.45, 2.75) is 39.8 Å². The van der Waals surface area contributed by atoms with E-state index in [9.17, 15) is 0 Å². The quantitative estimate of drug-likeness (QED) is 0.324. The van der Waals surface area contributed by atoms with Gasteiger partial charge in [-0.25, -0.2) is 0 Å². The summed E-state index contributed by atoms with van der Waals surface area (Å²) >= 11 is 0. The highest BCUT2D eigenvalue weighted by atomic mass is 127. The Morgan fingerprint density at radius 1 is 1.18 bits per heavy atom. The zero-order valence-electron chi connectivity index (χ0n) is 18.0. The molecule has 2 rings (SSSR count). The first-order valence-electron chi connectivity index (χ1n) is 9.90. The van der Waals surface area contributed by atoms with E-state index in [1.54, 1.807) is 7.05 Å². The molecule has 0 amide bonds. The van der Waals surface area contributed by atoms with Crippen LogP contribution in [0.25, 0.3) is 0 Å². The molecule has 0 bridgehead atoms. The summed E-state index contributed by atoms with van der Waals surface area (Å²) in [6.45, 7) is 14.7. The predicted octanol–water partition coefficient (Wildman–Crippen LogP) is 3.12. The number of hydrogen-bond acceptors (Lipinski definition) is 4. The van der Waals surface area contributed by atoms with Crippen molar-refractivity contribution in [1.29, 1.82) is 0 Å². The van der Waals surface area contributed by atoms with Crippen molar-refractivity contribution in [2.75, 3.05) is 46.5 Å². The van der Waals surface area contributed by atoms with Gasteiger partial charge >= 0.3 is 0 Å². The molecule has 6 nitrogen and oxygen atoms in total. The smallest absolute Gasteiger partial charge is 0.191 e. The Balaban J connectivity index is 0.00000392. The Kier molecular flexibility index (Phi) is 11.1. The van der Waals surface area contributed by atoms with Crippen LogP contribution in [0, 0.1) is 5.92 Å². The molecule has 1 aromatic rings. The zero-order chi connectivity index (χ0) is 19.7. The number of halogens is 1. The van der Waals surface area contributed by atoms with Crippen LogP contribution in [0.5, 0.6) is 5.75 Å². The van der Waals surface area contributed by atoms with E-state index in [0.717, 1.165) is 57.7 Å². The molecule has 0 aliphatic carbocycles. The van der Waals surface area contributed by atoms with E-state index in [4.69, 9.17) is 9.47 Å². The van der Waals surface area contributed by atoms with Crippen molar-refractivity contribution in [3.63, 3.8) is 0 Å². The van der Waals surface area contributed by atoms with Gasteiger partial charge in [0, 0.05) is 38.8 Å². The molecule has 0 saturated carbocycles. The van der Waals surface area contributed by atoms with Crippen LogP contribution >= 0.6 is 24.0 Å². The van der Waals surface area contributed by atoms with Gasteiger partial charge < -0.3 is 20.1 Å². The highest BCUT2D eigenvalue weighted by Crippen LogP contribution is 2.15. The van der Waals surface area contributed by atoms with Crippen LogP contribution in [0.3, 0.4) is 0 Å². The summed E-state index contributed by atoms with van der Waals surface area (Å²) in [7, 11) is 1.81. The van der Waals surface area contributed by atoms with E-state index in [2.05, 4.69) is 60.4 Å². The van der Waals surface area contributed by atoms with E-state index in [1.807, 2.05) is 12.1 Å². The Hall–Kier alpha value is -1.06. The molecular formula is C21H37IN4O2. The number of guanidine groups is 1. The van der Waals surface area contributed by atoms with Gasteiger partial charge in [0.25, 0.3) is 0 Å². The fourth-order valence-corrected chi connectivity index (χ4v) is 2.95. The molecule has 1 aliphatic rings. The van der Waals surface area contributed by atoms with Crippen LogP contribution in [0.2, 0.25) is 0 Å². The molecule has 0 atom stereocenters. The van der Waals surface area contributed by atoms with Crippen molar-refractivity contribution in [2.24, 2.45) is 10.9 Å². The normalized spacial score (nSPS) is 15.9. The van der Waals surface area contributed by atoms with Crippen LogP contribution < -0.4 is 15.4 Å². The summed E-state index contributed by atoms with van der Waals surface area (Å²) in [6, 6.07) is 8.23. The molecule has 1 aromatic carbocycles. The molecular weight excluding hydrogens is 467 g/mol. The van der Waals surface area contributed by atoms with Gasteiger partial charge in [-0.05, 0) is 37.5 Å². The minimum Gasteiger partial charge on any atom is -0.493 e. The van der Waals surface area contributed by atoms with E-state index >= 15 is 0 Å². The number of hydrogen-bond donors (Lipinski definition) is 2. The van der Waals surface area contributed by atoms with E-state index < -0.39 is 0 Å². The highest BCUT2D eigenvalue weighted by Gasteiger charge is 2.28. The van der Waals surface area contributed by atoms with E-state index in [1.165, 1.54) is 5.56 Å². The lowest BCUT2D eigenvalue weighted by molar-refractivity contribution is -0.00834. The van der Waals surface area contributed by atoms with Crippen molar-refractivity contribution >= 4 is 29.9 Å². The Labute approximate surface area is 187 Å². The lowest BCUT2D eigenvalue weighted by Gasteiger charge is -2.41. The SMILES string of the molecule is CN=C(NCc1ccc(OCC(C)C)cc1)NCC(C)(C)N1CCOCC1.I. The maximum Gasteiger partial charge on any atom is 0.191 e. The summed E-state index contributed by atoms with van der Waals surface area (Å²) in [5.41, 5.74) is 1.25. The number of morpholine rings is 1. The van der Waals surface area contributed by atoms with Crippen LogP contribution in [-0.4, -0.2) is 62.9 Å². The van der Waals surface area contributed by atoms with Gasteiger partial charge in [0.2, 0.25) is 0 Å². The highest BCUT2D eigenvalue weighted by molar-refractivity contribution is 14.0. The summed E-state index contributed by atoms with van der Waals surface area (Å²) < 4.78 is 11.2. The van der Waals surface area contributed by atoms with Crippen LogP contribution in [0.1, 0.15) is 33.3 Å². The molecule has 28 heavy (non-hydrogen) atoms. The number of benzene rings is 1. The number of nitrogens with one attached hydrogen (secondary N) is 2. The first kappa shape index (κ1) is 25.0. The molecule has 1 fully saturated rings. The summed E-state index contributed by atoms with van der Waals surface area (Å²) in [6.07, 6.45) is 0. The minimum atomic E-state index is 0. The molecule has 0 radical (unpaired) electrons. The Bertz CT molecular complexity index is 585. The average Bonchev–Trinajstić information content (AvgIpc) is 2.68. The lowest BCUT2D eigenvalue weighted by atomic mass is 10.0. The van der Waals surface area contributed by atoms with Crippen molar-refractivity contribution in [3.8, 4) is 5.75 Å². The molecule has 2 N–H and O–H groups in total. The van der Waals surface area contributed by atoms with Gasteiger partial charge in [-0.15, -0.1) is 24.0 Å². The fourth-order valence-electron chi connectivity index (χ4n) is 2.95. The molecule has 160 valence electrons. The van der Waals surface area contributed by atoms with E-state index in [-0.39, 0.29) is 29.5 Å². The average molecular weight is 504 g/mol. The summed E-state index contributed by atoms with van der Waals surface area (Å²) in [5, 5.41) is 6.84. The first-order chi connectivity index (χ1) is 12.9. The summed E-state index contributed by atoms with van der Waals surface area (Å²) in [4.78, 5) is 6.81. The largest absolute Gasteiger partial charge is 0.493 e. The van der Waals surface area contributed by atoms with Gasteiger partial charge in [-0.3, -0.25) is 9.89 Å². The Morgan fingerprint density at radius 2 is 1.82 bits per heavy atom. The standard InChI is InChI=1S/C21H36N4O2.HI/c1-17(2)15-27-19-8-6-18(7-9-19)14-23-20(22-5)24-16-21(3,4)25-10-12-26-13-11-25;/h6-9,17H,10-16H2,1-5H3,(H2,22,23,24);1H. The first-order valence-corrected chi connectivity index (χ1v) is 9.90. The molecule has 0 spiro atoms. The van der Waals surface area contributed by atoms with Crippen LogP contribution in [0.15, 0.2) is 29.3 Å². The second-order valence-corrected chi connectivity index (χ2v) is 8.04. The van der Waals surface area contributed by atoms with Gasteiger partial charge in [0.15, 0.2) is 5.96 Å². The third-order valence-corrected chi connectivity index (χ3v) is 4.75.